The summed E-state index contributed by atoms with van der Waals surface area (Å²) in [5.41, 5.74) is 2.18. The fourth-order valence-corrected chi connectivity index (χ4v) is 3.41. The highest BCUT2D eigenvalue weighted by Gasteiger charge is 2.25. The van der Waals surface area contributed by atoms with Gasteiger partial charge in [-0.2, -0.15) is 0 Å². The number of carbonyl (C=O) groups is 1. The highest BCUT2D eigenvalue weighted by Crippen LogP contribution is 2.28. The number of furan rings is 1. The third-order valence-electron chi connectivity index (χ3n) is 4.68. The van der Waals surface area contributed by atoms with Gasteiger partial charge in [-0.3, -0.25) is 0 Å². The molecule has 1 fully saturated rings. The number of hydrogen-bond acceptors (Lipinski definition) is 3. The molecule has 5 nitrogen and oxygen atoms in total. The fraction of sp³-hybridized carbons (Fsp3) is 0.450. The van der Waals surface area contributed by atoms with E-state index in [1.54, 1.807) is 0 Å². The SMILES string of the molecule is Cc1cc([C@H](C)NC(=O)N[C@H]2CCO[C@@H](c3ccccc3)C2)c(C)o1. The summed E-state index contributed by atoms with van der Waals surface area (Å²) in [4.78, 5) is 12.4. The molecule has 1 saturated heterocycles. The van der Waals surface area contributed by atoms with Crippen LogP contribution in [0, 0.1) is 13.8 Å². The summed E-state index contributed by atoms with van der Waals surface area (Å²) in [5.74, 6) is 1.71. The van der Waals surface area contributed by atoms with Gasteiger partial charge in [-0.25, -0.2) is 4.79 Å². The van der Waals surface area contributed by atoms with Crippen molar-refractivity contribution in [3.05, 3.63) is 59.0 Å². The van der Waals surface area contributed by atoms with Crippen molar-refractivity contribution in [3.63, 3.8) is 0 Å². The largest absolute Gasteiger partial charge is 0.466 e. The Kier molecular flexibility index (Phi) is 5.43. The molecule has 3 atom stereocenters. The van der Waals surface area contributed by atoms with E-state index in [9.17, 15) is 4.79 Å². The first-order valence-electron chi connectivity index (χ1n) is 8.83. The molecule has 1 aromatic carbocycles. The van der Waals surface area contributed by atoms with E-state index in [1.807, 2.05) is 45.0 Å². The van der Waals surface area contributed by atoms with Crippen LogP contribution in [0.15, 0.2) is 40.8 Å². The number of hydrogen-bond donors (Lipinski definition) is 2. The predicted molar refractivity (Wildman–Crippen MR) is 96.4 cm³/mol. The van der Waals surface area contributed by atoms with Crippen LogP contribution in [0.4, 0.5) is 4.79 Å². The van der Waals surface area contributed by atoms with E-state index >= 15 is 0 Å². The zero-order valence-corrected chi connectivity index (χ0v) is 15.0. The summed E-state index contributed by atoms with van der Waals surface area (Å²) in [6, 6.07) is 12.0. The van der Waals surface area contributed by atoms with Gasteiger partial charge in [0.1, 0.15) is 11.5 Å². The van der Waals surface area contributed by atoms with E-state index in [0.29, 0.717) is 6.61 Å². The second kappa shape index (κ2) is 7.74. The van der Waals surface area contributed by atoms with Crippen LogP contribution in [-0.2, 0) is 4.74 Å². The molecule has 0 spiro atoms. The second-order valence-corrected chi connectivity index (χ2v) is 6.70. The first kappa shape index (κ1) is 17.5. The summed E-state index contributed by atoms with van der Waals surface area (Å²) in [5, 5.41) is 6.09. The van der Waals surface area contributed by atoms with Gasteiger partial charge in [-0.05, 0) is 45.2 Å². The van der Waals surface area contributed by atoms with Crippen molar-refractivity contribution in [2.75, 3.05) is 6.61 Å². The maximum Gasteiger partial charge on any atom is 0.315 e. The minimum atomic E-state index is -0.149. The summed E-state index contributed by atoms with van der Waals surface area (Å²) >= 11 is 0. The van der Waals surface area contributed by atoms with Crippen molar-refractivity contribution < 1.29 is 13.9 Å². The molecule has 1 aliphatic rings. The van der Waals surface area contributed by atoms with E-state index in [-0.39, 0.29) is 24.2 Å². The molecule has 0 bridgehead atoms. The molecule has 5 heteroatoms. The Bertz CT molecular complexity index is 711. The maximum atomic E-state index is 12.4. The summed E-state index contributed by atoms with van der Waals surface area (Å²) < 4.78 is 11.4. The van der Waals surface area contributed by atoms with Crippen molar-refractivity contribution in [1.29, 1.82) is 0 Å². The number of urea groups is 1. The van der Waals surface area contributed by atoms with E-state index in [0.717, 1.165) is 35.5 Å². The molecular weight excluding hydrogens is 316 g/mol. The van der Waals surface area contributed by atoms with Crippen LogP contribution in [0.5, 0.6) is 0 Å². The highest BCUT2D eigenvalue weighted by molar-refractivity contribution is 5.74. The van der Waals surface area contributed by atoms with Crippen LogP contribution >= 0.6 is 0 Å². The highest BCUT2D eigenvalue weighted by atomic mass is 16.5. The van der Waals surface area contributed by atoms with Gasteiger partial charge in [0.25, 0.3) is 0 Å². The van der Waals surface area contributed by atoms with E-state index in [1.165, 1.54) is 0 Å². The fourth-order valence-electron chi connectivity index (χ4n) is 3.41. The number of benzene rings is 1. The lowest BCUT2D eigenvalue weighted by atomic mass is 9.97. The Labute approximate surface area is 148 Å². The Hall–Kier alpha value is -2.27. The number of rotatable bonds is 4. The van der Waals surface area contributed by atoms with Gasteiger partial charge < -0.3 is 19.8 Å². The molecule has 1 aliphatic heterocycles. The average Bonchev–Trinajstić information content (AvgIpc) is 2.94. The second-order valence-electron chi connectivity index (χ2n) is 6.70. The lowest BCUT2D eigenvalue weighted by Crippen LogP contribution is -2.45. The molecule has 1 aromatic heterocycles. The van der Waals surface area contributed by atoms with Crippen LogP contribution in [0.1, 0.15) is 54.6 Å². The van der Waals surface area contributed by atoms with Gasteiger partial charge in [-0.1, -0.05) is 30.3 Å². The molecule has 2 heterocycles. The molecule has 0 saturated carbocycles. The summed E-state index contributed by atoms with van der Waals surface area (Å²) in [7, 11) is 0. The van der Waals surface area contributed by atoms with E-state index in [4.69, 9.17) is 9.15 Å². The van der Waals surface area contributed by atoms with Gasteiger partial charge in [0, 0.05) is 18.2 Å². The average molecular weight is 342 g/mol. The quantitative estimate of drug-likeness (QED) is 0.876. The molecule has 2 aromatic rings. The molecule has 0 unspecified atom stereocenters. The van der Waals surface area contributed by atoms with Crippen LogP contribution in [0.3, 0.4) is 0 Å². The Morgan fingerprint density at radius 3 is 2.68 bits per heavy atom. The molecular formula is C20H26N2O3. The van der Waals surface area contributed by atoms with E-state index < -0.39 is 0 Å². The Morgan fingerprint density at radius 2 is 2.00 bits per heavy atom. The summed E-state index contributed by atoms with van der Waals surface area (Å²) in [6.07, 6.45) is 1.65. The molecule has 25 heavy (non-hydrogen) atoms. The van der Waals surface area contributed by atoms with Crippen LogP contribution in [0.2, 0.25) is 0 Å². The maximum absolute atomic E-state index is 12.4. The normalized spacial score (nSPS) is 21.6. The Morgan fingerprint density at radius 1 is 1.24 bits per heavy atom. The number of amides is 2. The van der Waals surface area contributed by atoms with Crippen LogP contribution in [-0.4, -0.2) is 18.7 Å². The minimum Gasteiger partial charge on any atom is -0.466 e. The number of nitrogens with one attached hydrogen (secondary N) is 2. The molecule has 2 N–H and O–H groups in total. The van der Waals surface area contributed by atoms with Crippen molar-refractivity contribution in [2.24, 2.45) is 0 Å². The number of ether oxygens (including phenoxy) is 1. The third-order valence-corrected chi connectivity index (χ3v) is 4.68. The first-order valence-corrected chi connectivity index (χ1v) is 8.83. The summed E-state index contributed by atoms with van der Waals surface area (Å²) in [6.45, 7) is 6.45. The zero-order valence-electron chi connectivity index (χ0n) is 15.0. The van der Waals surface area contributed by atoms with Crippen molar-refractivity contribution in [1.82, 2.24) is 10.6 Å². The third kappa shape index (κ3) is 4.42. The monoisotopic (exact) mass is 342 g/mol. The predicted octanol–water partition coefficient (Wildman–Crippen LogP) is 4.18. The molecule has 2 amide bonds. The molecule has 134 valence electrons. The van der Waals surface area contributed by atoms with Gasteiger partial charge in [-0.15, -0.1) is 0 Å². The van der Waals surface area contributed by atoms with Crippen LogP contribution in [0.25, 0.3) is 0 Å². The van der Waals surface area contributed by atoms with Gasteiger partial charge in [0.15, 0.2) is 0 Å². The van der Waals surface area contributed by atoms with Crippen LogP contribution < -0.4 is 10.6 Å². The molecule has 3 rings (SSSR count). The van der Waals surface area contributed by atoms with Gasteiger partial charge >= 0.3 is 6.03 Å². The van der Waals surface area contributed by atoms with Crippen molar-refractivity contribution >= 4 is 6.03 Å². The zero-order chi connectivity index (χ0) is 17.8. The first-order chi connectivity index (χ1) is 12.0. The van der Waals surface area contributed by atoms with Gasteiger partial charge in [0.2, 0.25) is 0 Å². The Balaban J connectivity index is 1.54. The number of carbonyl (C=O) groups excluding carboxylic acids is 1. The molecule has 0 aliphatic carbocycles. The van der Waals surface area contributed by atoms with Crippen molar-refractivity contribution in [3.8, 4) is 0 Å². The topological polar surface area (TPSA) is 63.5 Å². The van der Waals surface area contributed by atoms with Gasteiger partial charge in [0.05, 0.1) is 12.1 Å². The standard InChI is InChI=1S/C20H26N2O3/c1-13-11-18(15(3)25-13)14(2)21-20(23)22-17-9-10-24-19(12-17)16-7-5-4-6-8-16/h4-8,11,14,17,19H,9-10,12H2,1-3H3,(H2,21,22,23)/t14-,17-,19+/m0/s1. The lowest BCUT2D eigenvalue weighted by molar-refractivity contribution is 0.00222. The lowest BCUT2D eigenvalue weighted by Gasteiger charge is -2.30. The molecule has 0 radical (unpaired) electrons. The minimum absolute atomic E-state index is 0.0384. The van der Waals surface area contributed by atoms with Crippen molar-refractivity contribution in [2.45, 2.75) is 51.8 Å². The number of aryl methyl sites for hydroxylation is 2. The smallest absolute Gasteiger partial charge is 0.315 e. The van der Waals surface area contributed by atoms with E-state index in [2.05, 4.69) is 22.8 Å².